The van der Waals surface area contributed by atoms with Gasteiger partial charge in [0.2, 0.25) is 0 Å². The van der Waals surface area contributed by atoms with Gasteiger partial charge in [-0.2, -0.15) is 5.10 Å². The number of fused-ring (bicyclic) bond motifs is 3. The SMILES string of the molecule is CCCN1CCc2[nH]cnc2C12CCN(Cc1cnn3c(C)cc(C)nc13)CC2. The zero-order valence-electron chi connectivity index (χ0n) is 17.8. The van der Waals surface area contributed by atoms with E-state index in [0.717, 1.165) is 69.0 Å². The second-order valence-corrected chi connectivity index (χ2v) is 8.72. The number of nitrogens with zero attached hydrogens (tertiary/aromatic N) is 6. The summed E-state index contributed by atoms with van der Waals surface area (Å²) in [6, 6.07) is 2.08. The molecule has 1 fully saturated rings. The fraction of sp³-hybridized carbons (Fsp3) is 0.591. The minimum Gasteiger partial charge on any atom is -0.348 e. The van der Waals surface area contributed by atoms with E-state index in [2.05, 4.69) is 46.7 Å². The average Bonchev–Trinajstić information content (AvgIpc) is 3.34. The summed E-state index contributed by atoms with van der Waals surface area (Å²) in [4.78, 5) is 18.2. The van der Waals surface area contributed by atoms with Gasteiger partial charge in [-0.3, -0.25) is 9.80 Å². The van der Waals surface area contributed by atoms with E-state index in [1.807, 2.05) is 17.0 Å². The Morgan fingerprint density at radius 2 is 2.00 bits per heavy atom. The molecule has 0 atom stereocenters. The molecule has 3 aromatic rings. The molecule has 154 valence electrons. The van der Waals surface area contributed by atoms with Crippen molar-refractivity contribution in [3.05, 3.63) is 46.9 Å². The third-order valence-corrected chi connectivity index (χ3v) is 6.82. The van der Waals surface area contributed by atoms with Crippen molar-refractivity contribution in [1.29, 1.82) is 0 Å². The molecule has 5 heterocycles. The highest BCUT2D eigenvalue weighted by Gasteiger charge is 2.46. The molecule has 1 spiro atoms. The Balaban J connectivity index is 1.37. The summed E-state index contributed by atoms with van der Waals surface area (Å²) >= 11 is 0. The Morgan fingerprint density at radius 3 is 2.79 bits per heavy atom. The van der Waals surface area contributed by atoms with E-state index < -0.39 is 0 Å². The number of hydrogen-bond donors (Lipinski definition) is 1. The summed E-state index contributed by atoms with van der Waals surface area (Å²) in [7, 11) is 0. The summed E-state index contributed by atoms with van der Waals surface area (Å²) in [6.45, 7) is 11.8. The molecule has 0 bridgehead atoms. The topological polar surface area (TPSA) is 65.4 Å². The van der Waals surface area contributed by atoms with Crippen LogP contribution in [0.25, 0.3) is 5.65 Å². The van der Waals surface area contributed by atoms with E-state index in [4.69, 9.17) is 9.97 Å². The lowest BCUT2D eigenvalue weighted by Crippen LogP contribution is -2.56. The van der Waals surface area contributed by atoms with Gasteiger partial charge < -0.3 is 4.98 Å². The Bertz CT molecular complexity index is 1010. The molecule has 0 amide bonds. The second kappa shape index (κ2) is 7.22. The summed E-state index contributed by atoms with van der Waals surface area (Å²) in [6.07, 6.45) is 8.44. The summed E-state index contributed by atoms with van der Waals surface area (Å²) < 4.78 is 1.97. The van der Waals surface area contributed by atoms with E-state index in [0.29, 0.717) is 0 Å². The Kier molecular flexibility index (Phi) is 4.67. The number of H-pyrrole nitrogens is 1. The molecule has 7 nitrogen and oxygen atoms in total. The first-order valence-electron chi connectivity index (χ1n) is 10.9. The maximum atomic E-state index is 4.79. The van der Waals surface area contributed by atoms with Gasteiger partial charge in [-0.25, -0.2) is 14.5 Å². The summed E-state index contributed by atoms with van der Waals surface area (Å²) in [5.74, 6) is 0. The molecule has 0 unspecified atom stereocenters. The van der Waals surface area contributed by atoms with Crippen molar-refractivity contribution in [3.8, 4) is 0 Å². The Morgan fingerprint density at radius 1 is 1.17 bits per heavy atom. The smallest absolute Gasteiger partial charge is 0.159 e. The molecule has 0 radical (unpaired) electrons. The predicted molar refractivity (Wildman–Crippen MR) is 113 cm³/mol. The van der Waals surface area contributed by atoms with Crippen molar-refractivity contribution in [3.63, 3.8) is 0 Å². The van der Waals surface area contributed by atoms with Crippen molar-refractivity contribution in [1.82, 2.24) is 34.4 Å². The van der Waals surface area contributed by atoms with Gasteiger partial charge in [0.25, 0.3) is 0 Å². The van der Waals surface area contributed by atoms with Crippen molar-refractivity contribution in [2.75, 3.05) is 26.2 Å². The molecule has 0 saturated carbocycles. The molecule has 7 heteroatoms. The van der Waals surface area contributed by atoms with Crippen molar-refractivity contribution >= 4 is 5.65 Å². The van der Waals surface area contributed by atoms with Crippen LogP contribution in [0.5, 0.6) is 0 Å². The standard InChI is InChI=1S/C22H31N7/c1-4-8-28-9-5-19-20(24-15-23-19)22(28)6-10-27(11-7-22)14-18-13-25-29-17(3)12-16(2)26-21(18)29/h12-13,15H,4-11,14H2,1-3H3,(H,23,24). The first kappa shape index (κ1) is 18.8. The highest BCUT2D eigenvalue weighted by Crippen LogP contribution is 2.42. The third kappa shape index (κ3) is 3.07. The lowest BCUT2D eigenvalue weighted by molar-refractivity contribution is 0.00360. The number of aromatic amines is 1. The molecule has 3 aromatic heterocycles. The van der Waals surface area contributed by atoms with Crippen LogP contribution >= 0.6 is 0 Å². The van der Waals surface area contributed by atoms with Crippen LogP contribution in [-0.4, -0.2) is 60.5 Å². The number of rotatable bonds is 4. The largest absolute Gasteiger partial charge is 0.348 e. The average molecular weight is 394 g/mol. The number of nitrogens with one attached hydrogen (secondary N) is 1. The number of likely N-dealkylation sites (tertiary alicyclic amines) is 1. The molecule has 2 aliphatic heterocycles. The van der Waals surface area contributed by atoms with Crippen LogP contribution in [-0.2, 0) is 18.5 Å². The molecule has 5 rings (SSSR count). The fourth-order valence-corrected chi connectivity index (χ4v) is 5.42. The molecule has 2 aliphatic rings. The van der Waals surface area contributed by atoms with Gasteiger partial charge in [0.1, 0.15) is 0 Å². The highest BCUT2D eigenvalue weighted by atomic mass is 15.3. The number of aryl methyl sites for hydroxylation is 2. The minimum absolute atomic E-state index is 0.104. The molecule has 1 N–H and O–H groups in total. The van der Waals surface area contributed by atoms with Crippen LogP contribution in [0.2, 0.25) is 0 Å². The minimum atomic E-state index is 0.104. The fourth-order valence-electron chi connectivity index (χ4n) is 5.42. The first-order valence-corrected chi connectivity index (χ1v) is 10.9. The normalized spacial score (nSPS) is 19.8. The third-order valence-electron chi connectivity index (χ3n) is 6.82. The molecule has 1 saturated heterocycles. The maximum Gasteiger partial charge on any atom is 0.159 e. The number of aromatic nitrogens is 5. The van der Waals surface area contributed by atoms with Crippen LogP contribution in [0.1, 0.15) is 54.5 Å². The number of piperidine rings is 1. The van der Waals surface area contributed by atoms with Gasteiger partial charge in [-0.1, -0.05) is 6.92 Å². The summed E-state index contributed by atoms with van der Waals surface area (Å²) in [5, 5.41) is 4.57. The first-order chi connectivity index (χ1) is 14.1. The molecule has 0 aliphatic carbocycles. The maximum absolute atomic E-state index is 4.79. The summed E-state index contributed by atoms with van der Waals surface area (Å²) in [5.41, 5.74) is 7.18. The Labute approximate surface area is 172 Å². The zero-order valence-corrected chi connectivity index (χ0v) is 17.8. The van der Waals surface area contributed by atoms with Gasteiger partial charge in [0.15, 0.2) is 5.65 Å². The van der Waals surface area contributed by atoms with Crippen LogP contribution in [0.4, 0.5) is 0 Å². The zero-order chi connectivity index (χ0) is 20.0. The van der Waals surface area contributed by atoms with Gasteiger partial charge in [0.05, 0.1) is 23.8 Å². The van der Waals surface area contributed by atoms with Crippen LogP contribution in [0.15, 0.2) is 18.6 Å². The van der Waals surface area contributed by atoms with E-state index in [1.54, 1.807) is 0 Å². The Hall–Kier alpha value is -2.25. The van der Waals surface area contributed by atoms with Gasteiger partial charge >= 0.3 is 0 Å². The van der Waals surface area contributed by atoms with Crippen molar-refractivity contribution < 1.29 is 0 Å². The van der Waals surface area contributed by atoms with Crippen molar-refractivity contribution in [2.45, 2.75) is 58.5 Å². The predicted octanol–water partition coefficient (Wildman–Crippen LogP) is 2.83. The molecule has 29 heavy (non-hydrogen) atoms. The van der Waals surface area contributed by atoms with Crippen LogP contribution in [0, 0.1) is 13.8 Å². The number of hydrogen-bond acceptors (Lipinski definition) is 5. The molecule has 0 aromatic carbocycles. The quantitative estimate of drug-likeness (QED) is 0.738. The van der Waals surface area contributed by atoms with E-state index in [1.165, 1.54) is 23.4 Å². The van der Waals surface area contributed by atoms with E-state index in [9.17, 15) is 0 Å². The van der Waals surface area contributed by atoms with Crippen molar-refractivity contribution in [2.24, 2.45) is 0 Å². The molecular weight excluding hydrogens is 362 g/mol. The second-order valence-electron chi connectivity index (χ2n) is 8.72. The molecular formula is C22H31N7. The van der Waals surface area contributed by atoms with Crippen LogP contribution in [0.3, 0.4) is 0 Å². The van der Waals surface area contributed by atoms with Gasteiger partial charge in [0, 0.05) is 55.2 Å². The lowest BCUT2D eigenvalue weighted by Gasteiger charge is -2.50. The highest BCUT2D eigenvalue weighted by molar-refractivity contribution is 5.48. The van der Waals surface area contributed by atoms with E-state index >= 15 is 0 Å². The van der Waals surface area contributed by atoms with E-state index in [-0.39, 0.29) is 5.54 Å². The number of imidazole rings is 1. The lowest BCUT2D eigenvalue weighted by atomic mass is 9.78. The monoisotopic (exact) mass is 393 g/mol. The van der Waals surface area contributed by atoms with Gasteiger partial charge in [-0.15, -0.1) is 0 Å². The van der Waals surface area contributed by atoms with Crippen LogP contribution < -0.4 is 0 Å². The van der Waals surface area contributed by atoms with Gasteiger partial charge in [-0.05, 0) is 45.7 Å².